The number of pyridine rings is 1. The Morgan fingerprint density at radius 3 is 2.83 bits per heavy atom. The first-order valence-corrected chi connectivity index (χ1v) is 3.40. The molecule has 4 heteroatoms. The van der Waals surface area contributed by atoms with Crippen molar-refractivity contribution < 1.29 is 4.79 Å². The lowest BCUT2D eigenvalue weighted by Gasteiger charge is -1.99. The standard InChI is InChI=1S/C8H8N2O2/c1-6-3-7(9-5-11)8(12)10(2)4-6/h3-4H,1-2H3. The van der Waals surface area contributed by atoms with Crippen molar-refractivity contribution in [3.05, 3.63) is 28.2 Å². The average molecular weight is 164 g/mol. The molecule has 0 atom stereocenters. The molecule has 0 saturated carbocycles. The molecule has 62 valence electrons. The van der Waals surface area contributed by atoms with Gasteiger partial charge in [0.2, 0.25) is 6.08 Å². The van der Waals surface area contributed by atoms with Gasteiger partial charge in [-0.3, -0.25) is 4.79 Å². The number of aliphatic imine (C=N–C) groups is 1. The lowest BCUT2D eigenvalue weighted by atomic mass is 10.3. The fraction of sp³-hybridized carbons (Fsp3) is 0.250. The zero-order valence-corrected chi connectivity index (χ0v) is 6.87. The maximum atomic E-state index is 11.2. The highest BCUT2D eigenvalue weighted by Gasteiger charge is 1.99. The van der Waals surface area contributed by atoms with Crippen LogP contribution in [0.4, 0.5) is 5.69 Å². The van der Waals surface area contributed by atoms with Crippen molar-refractivity contribution in [3.8, 4) is 0 Å². The molecule has 1 aromatic rings. The predicted molar refractivity (Wildman–Crippen MR) is 44.2 cm³/mol. The van der Waals surface area contributed by atoms with E-state index in [0.717, 1.165) is 5.56 Å². The number of aryl methyl sites for hydroxylation is 2. The SMILES string of the molecule is Cc1cc(N=C=O)c(=O)n(C)c1. The topological polar surface area (TPSA) is 51.4 Å². The zero-order valence-electron chi connectivity index (χ0n) is 6.87. The van der Waals surface area contributed by atoms with Crippen molar-refractivity contribution in [1.82, 2.24) is 4.57 Å². The van der Waals surface area contributed by atoms with E-state index < -0.39 is 0 Å². The fourth-order valence-corrected chi connectivity index (χ4v) is 0.989. The van der Waals surface area contributed by atoms with Crippen LogP contribution < -0.4 is 5.56 Å². The lowest BCUT2D eigenvalue weighted by Crippen LogP contribution is -2.15. The summed E-state index contributed by atoms with van der Waals surface area (Å²) in [6.45, 7) is 1.82. The number of hydrogen-bond donors (Lipinski definition) is 0. The summed E-state index contributed by atoms with van der Waals surface area (Å²) in [7, 11) is 1.61. The molecular formula is C8H8N2O2. The minimum atomic E-state index is -0.288. The Bertz CT molecular complexity index is 400. The molecule has 0 aliphatic rings. The molecule has 0 unspecified atom stereocenters. The normalized spacial score (nSPS) is 9.17. The molecule has 1 rings (SSSR count). The molecule has 0 aliphatic heterocycles. The molecular weight excluding hydrogens is 156 g/mol. The Hall–Kier alpha value is -1.67. The Labute approximate surface area is 69.2 Å². The Morgan fingerprint density at radius 1 is 1.58 bits per heavy atom. The molecule has 0 N–H and O–H groups in total. The van der Waals surface area contributed by atoms with Gasteiger partial charge in [-0.05, 0) is 18.6 Å². The van der Waals surface area contributed by atoms with E-state index >= 15 is 0 Å². The van der Waals surface area contributed by atoms with Gasteiger partial charge in [0, 0.05) is 13.2 Å². The molecule has 1 heterocycles. The summed E-state index contributed by atoms with van der Waals surface area (Å²) in [5.41, 5.74) is 0.725. The number of isocyanates is 1. The largest absolute Gasteiger partial charge is 0.316 e. The Kier molecular flexibility index (Phi) is 2.21. The summed E-state index contributed by atoms with van der Waals surface area (Å²) in [5.74, 6) is 0. The fourth-order valence-electron chi connectivity index (χ4n) is 0.989. The maximum Gasteiger partial charge on any atom is 0.277 e. The second kappa shape index (κ2) is 3.15. The summed E-state index contributed by atoms with van der Waals surface area (Å²) in [5, 5.41) is 0. The van der Waals surface area contributed by atoms with Gasteiger partial charge in [-0.2, -0.15) is 4.99 Å². The summed E-state index contributed by atoms with van der Waals surface area (Å²) in [6, 6.07) is 1.55. The van der Waals surface area contributed by atoms with E-state index in [4.69, 9.17) is 0 Å². The Balaban J connectivity index is 3.48. The van der Waals surface area contributed by atoms with E-state index in [2.05, 4.69) is 4.99 Å². The van der Waals surface area contributed by atoms with Crippen LogP contribution in [0.5, 0.6) is 0 Å². The van der Waals surface area contributed by atoms with Crippen molar-refractivity contribution >= 4 is 11.8 Å². The van der Waals surface area contributed by atoms with Crippen LogP contribution in [0.15, 0.2) is 22.1 Å². The van der Waals surface area contributed by atoms with Crippen LogP contribution in [-0.4, -0.2) is 10.6 Å². The molecule has 0 saturated heterocycles. The Morgan fingerprint density at radius 2 is 2.25 bits per heavy atom. The van der Waals surface area contributed by atoms with Gasteiger partial charge in [0.05, 0.1) is 0 Å². The lowest BCUT2D eigenvalue weighted by molar-refractivity contribution is 0.565. The van der Waals surface area contributed by atoms with E-state index in [-0.39, 0.29) is 11.2 Å². The number of hydrogen-bond acceptors (Lipinski definition) is 3. The minimum Gasteiger partial charge on any atom is -0.316 e. The van der Waals surface area contributed by atoms with Gasteiger partial charge >= 0.3 is 0 Å². The number of carbonyl (C=O) groups excluding carboxylic acids is 1. The monoisotopic (exact) mass is 164 g/mol. The van der Waals surface area contributed by atoms with Crippen LogP contribution in [0, 0.1) is 6.92 Å². The van der Waals surface area contributed by atoms with Crippen molar-refractivity contribution in [2.45, 2.75) is 6.92 Å². The quantitative estimate of drug-likeness (QED) is 0.452. The van der Waals surface area contributed by atoms with Gasteiger partial charge < -0.3 is 4.57 Å². The zero-order chi connectivity index (χ0) is 9.14. The molecule has 0 amide bonds. The molecule has 0 bridgehead atoms. The van der Waals surface area contributed by atoms with Crippen LogP contribution in [0.3, 0.4) is 0 Å². The van der Waals surface area contributed by atoms with E-state index in [1.807, 2.05) is 6.92 Å². The summed E-state index contributed by atoms with van der Waals surface area (Å²) in [4.78, 5) is 24.4. The highest BCUT2D eigenvalue weighted by atomic mass is 16.1. The van der Waals surface area contributed by atoms with Crippen LogP contribution in [0.1, 0.15) is 5.56 Å². The first-order valence-electron chi connectivity index (χ1n) is 3.40. The summed E-state index contributed by atoms with van der Waals surface area (Å²) >= 11 is 0. The predicted octanol–water partition coefficient (Wildman–Crippen LogP) is 0.661. The molecule has 12 heavy (non-hydrogen) atoms. The van der Waals surface area contributed by atoms with Gasteiger partial charge in [0.25, 0.3) is 5.56 Å². The van der Waals surface area contributed by atoms with Gasteiger partial charge in [-0.15, -0.1) is 0 Å². The molecule has 0 fully saturated rings. The average Bonchev–Trinajstić information content (AvgIpc) is 2.00. The number of nitrogens with zero attached hydrogens (tertiary/aromatic N) is 2. The minimum absolute atomic E-state index is 0.132. The number of aromatic nitrogens is 1. The summed E-state index contributed by atoms with van der Waals surface area (Å²) in [6.07, 6.45) is 3.01. The van der Waals surface area contributed by atoms with E-state index in [9.17, 15) is 9.59 Å². The van der Waals surface area contributed by atoms with Gasteiger partial charge in [0.1, 0.15) is 5.69 Å². The number of rotatable bonds is 1. The third-order valence-corrected chi connectivity index (χ3v) is 1.47. The first kappa shape index (κ1) is 8.43. The third kappa shape index (κ3) is 1.49. The van der Waals surface area contributed by atoms with Crippen molar-refractivity contribution in [1.29, 1.82) is 0 Å². The van der Waals surface area contributed by atoms with Crippen molar-refractivity contribution in [3.63, 3.8) is 0 Å². The molecule has 1 aromatic heterocycles. The van der Waals surface area contributed by atoms with Crippen LogP contribution in [0.25, 0.3) is 0 Å². The molecule has 0 radical (unpaired) electrons. The maximum absolute atomic E-state index is 11.2. The van der Waals surface area contributed by atoms with Gasteiger partial charge in [-0.25, -0.2) is 4.79 Å². The van der Waals surface area contributed by atoms with E-state index in [1.54, 1.807) is 19.3 Å². The van der Waals surface area contributed by atoms with E-state index in [1.165, 1.54) is 10.6 Å². The van der Waals surface area contributed by atoms with Crippen LogP contribution in [-0.2, 0) is 11.8 Å². The summed E-state index contributed by atoms with van der Waals surface area (Å²) < 4.78 is 1.38. The van der Waals surface area contributed by atoms with Gasteiger partial charge in [-0.1, -0.05) is 0 Å². The molecule has 4 nitrogen and oxygen atoms in total. The molecule has 0 aliphatic carbocycles. The van der Waals surface area contributed by atoms with Crippen LogP contribution >= 0.6 is 0 Å². The van der Waals surface area contributed by atoms with Crippen LogP contribution in [0.2, 0.25) is 0 Å². The molecule has 0 spiro atoms. The highest BCUT2D eigenvalue weighted by Crippen LogP contribution is 2.05. The smallest absolute Gasteiger partial charge is 0.277 e. The molecule has 0 aromatic carbocycles. The van der Waals surface area contributed by atoms with Crippen molar-refractivity contribution in [2.75, 3.05) is 0 Å². The second-order valence-corrected chi connectivity index (χ2v) is 2.52. The second-order valence-electron chi connectivity index (χ2n) is 2.52. The van der Waals surface area contributed by atoms with Crippen molar-refractivity contribution in [2.24, 2.45) is 12.0 Å². The van der Waals surface area contributed by atoms with E-state index in [0.29, 0.717) is 0 Å². The highest BCUT2D eigenvalue weighted by molar-refractivity contribution is 5.48. The third-order valence-electron chi connectivity index (χ3n) is 1.47. The van der Waals surface area contributed by atoms with Gasteiger partial charge in [0.15, 0.2) is 0 Å². The first-order chi connectivity index (χ1) is 5.65.